The molecule has 0 bridgehead atoms. The molecular formula is C9H20FNO. The Morgan fingerprint density at radius 2 is 1.92 bits per heavy atom. The maximum absolute atomic E-state index is 11.7. The Kier molecular flexibility index (Phi) is 6.30. The van der Waals surface area contributed by atoms with Crippen molar-refractivity contribution in [2.45, 2.75) is 38.6 Å². The van der Waals surface area contributed by atoms with E-state index in [4.69, 9.17) is 10.5 Å². The molecular weight excluding hydrogens is 157 g/mol. The fourth-order valence-electron chi connectivity index (χ4n) is 0.886. The van der Waals surface area contributed by atoms with E-state index in [1.807, 2.05) is 13.8 Å². The van der Waals surface area contributed by atoms with Crippen molar-refractivity contribution >= 4 is 0 Å². The summed E-state index contributed by atoms with van der Waals surface area (Å²) in [4.78, 5) is 0. The van der Waals surface area contributed by atoms with E-state index in [0.29, 0.717) is 19.6 Å². The van der Waals surface area contributed by atoms with Gasteiger partial charge < -0.3 is 10.5 Å². The lowest BCUT2D eigenvalue weighted by Crippen LogP contribution is -2.43. The average molecular weight is 177 g/mol. The highest BCUT2D eigenvalue weighted by Crippen LogP contribution is 2.11. The van der Waals surface area contributed by atoms with Gasteiger partial charge >= 0.3 is 0 Å². The van der Waals surface area contributed by atoms with E-state index in [0.717, 1.165) is 12.8 Å². The second-order valence-electron chi connectivity index (χ2n) is 3.16. The van der Waals surface area contributed by atoms with Gasteiger partial charge in [0.2, 0.25) is 0 Å². The fourth-order valence-corrected chi connectivity index (χ4v) is 0.886. The molecule has 0 spiro atoms. The van der Waals surface area contributed by atoms with Gasteiger partial charge in [-0.15, -0.1) is 0 Å². The summed E-state index contributed by atoms with van der Waals surface area (Å²) >= 11 is 0. The Bertz CT molecular complexity index is 105. The summed E-state index contributed by atoms with van der Waals surface area (Å²) in [5.41, 5.74) is 5.75. The molecule has 0 fully saturated rings. The van der Waals surface area contributed by atoms with E-state index in [1.54, 1.807) is 0 Å². The fraction of sp³-hybridized carbons (Fsp3) is 1.00. The summed E-state index contributed by atoms with van der Waals surface area (Å²) in [6, 6.07) is 0. The summed E-state index contributed by atoms with van der Waals surface area (Å²) < 4.78 is 16.9. The quantitative estimate of drug-likeness (QED) is 0.603. The number of ether oxygens (including phenoxy) is 1. The van der Waals surface area contributed by atoms with Crippen LogP contribution < -0.4 is 5.73 Å². The van der Waals surface area contributed by atoms with Crippen molar-refractivity contribution in [1.82, 2.24) is 0 Å². The van der Waals surface area contributed by atoms with Crippen molar-refractivity contribution in [2.75, 3.05) is 19.9 Å². The molecule has 0 aliphatic carbocycles. The van der Waals surface area contributed by atoms with Gasteiger partial charge in [-0.3, -0.25) is 4.39 Å². The molecule has 0 unspecified atom stereocenters. The van der Waals surface area contributed by atoms with Gasteiger partial charge in [-0.2, -0.15) is 0 Å². The molecule has 2 nitrogen and oxygen atoms in total. The first-order valence-corrected chi connectivity index (χ1v) is 4.61. The van der Waals surface area contributed by atoms with Crippen molar-refractivity contribution in [3.63, 3.8) is 0 Å². The van der Waals surface area contributed by atoms with Crippen LogP contribution in [0, 0.1) is 0 Å². The first-order chi connectivity index (χ1) is 5.68. The molecule has 3 heteroatoms. The van der Waals surface area contributed by atoms with Gasteiger partial charge in [0.15, 0.2) is 0 Å². The molecule has 0 aliphatic rings. The number of rotatable bonds is 7. The summed E-state index contributed by atoms with van der Waals surface area (Å²) in [5.74, 6) is 0. The van der Waals surface area contributed by atoms with Crippen molar-refractivity contribution in [3.05, 3.63) is 0 Å². The van der Waals surface area contributed by atoms with E-state index in [2.05, 4.69) is 0 Å². The third-order valence-electron chi connectivity index (χ3n) is 2.22. The monoisotopic (exact) mass is 177 g/mol. The molecule has 0 amide bonds. The van der Waals surface area contributed by atoms with Crippen LogP contribution in [0.4, 0.5) is 4.39 Å². The van der Waals surface area contributed by atoms with Gasteiger partial charge in [0.05, 0.1) is 13.3 Å². The van der Waals surface area contributed by atoms with Gasteiger partial charge in [-0.05, 0) is 19.3 Å². The first kappa shape index (κ1) is 11.8. The smallest absolute Gasteiger partial charge is 0.0916 e. The van der Waals surface area contributed by atoms with E-state index < -0.39 is 0 Å². The summed E-state index contributed by atoms with van der Waals surface area (Å²) in [6.07, 6.45) is 2.28. The van der Waals surface area contributed by atoms with Crippen LogP contribution in [0.3, 0.4) is 0 Å². The van der Waals surface area contributed by atoms with Crippen LogP contribution in [0.2, 0.25) is 0 Å². The molecule has 0 saturated heterocycles. The molecule has 0 aromatic heterocycles. The zero-order valence-electron chi connectivity index (χ0n) is 8.11. The van der Waals surface area contributed by atoms with Crippen molar-refractivity contribution in [1.29, 1.82) is 0 Å². The molecule has 0 radical (unpaired) electrons. The van der Waals surface area contributed by atoms with Crippen molar-refractivity contribution in [2.24, 2.45) is 5.73 Å². The number of hydrogen-bond acceptors (Lipinski definition) is 2. The lowest BCUT2D eigenvalue weighted by atomic mass is 9.96. The Labute approximate surface area is 74.3 Å². The third kappa shape index (κ3) is 4.67. The van der Waals surface area contributed by atoms with E-state index in [-0.39, 0.29) is 12.2 Å². The highest BCUT2D eigenvalue weighted by molar-refractivity contribution is 4.80. The molecule has 0 rings (SSSR count). The largest absolute Gasteiger partial charge is 0.379 e. The van der Waals surface area contributed by atoms with Gasteiger partial charge in [0.25, 0.3) is 0 Å². The number of nitrogens with two attached hydrogens (primary N) is 1. The minimum absolute atomic E-state index is 0.212. The summed E-state index contributed by atoms with van der Waals surface area (Å²) in [6.45, 7) is 4.80. The van der Waals surface area contributed by atoms with Crippen LogP contribution in [0.1, 0.15) is 33.1 Å². The van der Waals surface area contributed by atoms with Crippen LogP contribution >= 0.6 is 0 Å². The maximum atomic E-state index is 11.7. The molecule has 0 atom stereocenters. The van der Waals surface area contributed by atoms with Gasteiger partial charge in [0.1, 0.15) is 0 Å². The van der Waals surface area contributed by atoms with Crippen LogP contribution in [-0.4, -0.2) is 25.4 Å². The molecule has 12 heavy (non-hydrogen) atoms. The molecule has 0 aromatic rings. The predicted molar refractivity (Wildman–Crippen MR) is 48.9 cm³/mol. The minimum atomic E-state index is -0.310. The molecule has 2 N–H and O–H groups in total. The van der Waals surface area contributed by atoms with Crippen LogP contribution in [0.5, 0.6) is 0 Å². The predicted octanol–water partition coefficient (Wildman–Crippen LogP) is 1.88. The van der Waals surface area contributed by atoms with Crippen molar-refractivity contribution in [3.8, 4) is 0 Å². The highest BCUT2D eigenvalue weighted by Gasteiger charge is 2.19. The average Bonchev–Trinajstić information content (AvgIpc) is 2.12. The standard InChI is InChI=1S/C9H20FNO/c1-3-9(11,4-2)8-12-7-5-6-10/h3-8,11H2,1-2H3. The van der Waals surface area contributed by atoms with Gasteiger partial charge in [-0.1, -0.05) is 13.8 Å². The summed E-state index contributed by atoms with van der Waals surface area (Å²) in [5, 5.41) is 0. The van der Waals surface area contributed by atoms with E-state index in [9.17, 15) is 4.39 Å². The second-order valence-corrected chi connectivity index (χ2v) is 3.16. The maximum Gasteiger partial charge on any atom is 0.0916 e. The van der Waals surface area contributed by atoms with Crippen LogP contribution in [0.25, 0.3) is 0 Å². The Morgan fingerprint density at radius 3 is 2.33 bits per heavy atom. The molecule has 74 valence electrons. The lowest BCUT2D eigenvalue weighted by molar-refractivity contribution is 0.0763. The van der Waals surface area contributed by atoms with E-state index in [1.165, 1.54) is 0 Å². The van der Waals surface area contributed by atoms with Crippen molar-refractivity contribution < 1.29 is 9.13 Å². The minimum Gasteiger partial charge on any atom is -0.379 e. The zero-order chi connectivity index (χ0) is 9.45. The molecule has 0 heterocycles. The Morgan fingerprint density at radius 1 is 1.33 bits per heavy atom. The van der Waals surface area contributed by atoms with Gasteiger partial charge in [0, 0.05) is 12.1 Å². The number of hydrogen-bond donors (Lipinski definition) is 1. The Hall–Kier alpha value is -0.150. The van der Waals surface area contributed by atoms with Crippen LogP contribution in [-0.2, 0) is 4.74 Å². The number of alkyl halides is 1. The third-order valence-corrected chi connectivity index (χ3v) is 2.22. The van der Waals surface area contributed by atoms with Gasteiger partial charge in [-0.25, -0.2) is 0 Å². The number of halogens is 1. The second kappa shape index (κ2) is 6.38. The topological polar surface area (TPSA) is 35.2 Å². The lowest BCUT2D eigenvalue weighted by Gasteiger charge is -2.26. The zero-order valence-corrected chi connectivity index (χ0v) is 8.11. The normalized spacial score (nSPS) is 12.0. The summed E-state index contributed by atoms with van der Waals surface area (Å²) in [7, 11) is 0. The van der Waals surface area contributed by atoms with E-state index >= 15 is 0 Å². The molecule has 0 aromatic carbocycles. The Balaban J connectivity index is 3.45. The molecule has 0 saturated carbocycles. The van der Waals surface area contributed by atoms with Crippen LogP contribution in [0.15, 0.2) is 0 Å². The SMILES string of the molecule is CCC(N)(CC)COCCCF. The highest BCUT2D eigenvalue weighted by atomic mass is 19.1. The first-order valence-electron chi connectivity index (χ1n) is 4.61. The molecule has 0 aliphatic heterocycles.